The smallest absolute Gasteiger partial charge is 0.270 e. The van der Waals surface area contributed by atoms with E-state index in [1.807, 2.05) is 42.5 Å². The molecule has 1 aliphatic heterocycles. The predicted molar refractivity (Wildman–Crippen MR) is 150 cm³/mol. The summed E-state index contributed by atoms with van der Waals surface area (Å²) in [5.41, 5.74) is 1.26. The van der Waals surface area contributed by atoms with Crippen LogP contribution in [0.5, 0.6) is 0 Å². The van der Waals surface area contributed by atoms with Gasteiger partial charge in [0.25, 0.3) is 11.6 Å². The first-order chi connectivity index (χ1) is 18.2. The van der Waals surface area contributed by atoms with E-state index in [-0.39, 0.29) is 23.1 Å². The van der Waals surface area contributed by atoms with E-state index in [2.05, 4.69) is 4.90 Å². The lowest BCUT2D eigenvalue weighted by atomic mass is 9.84. The van der Waals surface area contributed by atoms with Crippen LogP contribution in [0.1, 0.15) is 46.7 Å². The average molecular weight is 556 g/mol. The standard InChI is InChI=1S/C29H31Cl2N3O4/c1-32(28(35)22-6-5-9-25(18-22)34(37)38)20-23(21-10-11-26(30)27(31)19-21)12-15-33-16-13-29(36,14-17-33)24-7-3-2-4-8-24/h2-11,18-19,23,36H,12-17,20H2,1H3/t23-/m0/s1. The van der Waals surface area contributed by atoms with Crippen LogP contribution in [0.25, 0.3) is 0 Å². The molecule has 3 aromatic carbocycles. The van der Waals surface area contributed by atoms with Gasteiger partial charge in [-0.3, -0.25) is 14.9 Å². The summed E-state index contributed by atoms with van der Waals surface area (Å²) in [6, 6.07) is 21.1. The van der Waals surface area contributed by atoms with Crippen LogP contribution in [0.2, 0.25) is 10.0 Å². The van der Waals surface area contributed by atoms with E-state index in [0.717, 1.165) is 37.2 Å². The molecule has 1 atom stereocenters. The van der Waals surface area contributed by atoms with Gasteiger partial charge < -0.3 is 14.9 Å². The molecule has 1 saturated heterocycles. The van der Waals surface area contributed by atoms with E-state index in [1.165, 1.54) is 18.2 Å². The minimum absolute atomic E-state index is 0.0349. The third kappa shape index (κ3) is 6.72. The Labute approximate surface area is 232 Å². The van der Waals surface area contributed by atoms with Gasteiger partial charge in [-0.15, -0.1) is 0 Å². The zero-order chi connectivity index (χ0) is 27.3. The van der Waals surface area contributed by atoms with Crippen LogP contribution in [0.3, 0.4) is 0 Å². The van der Waals surface area contributed by atoms with Crippen molar-refractivity contribution in [2.75, 3.05) is 33.2 Å². The predicted octanol–water partition coefficient (Wildman–Crippen LogP) is 6.13. The van der Waals surface area contributed by atoms with E-state index < -0.39 is 10.5 Å². The van der Waals surface area contributed by atoms with Gasteiger partial charge in [0.1, 0.15) is 0 Å². The van der Waals surface area contributed by atoms with Gasteiger partial charge >= 0.3 is 0 Å². The van der Waals surface area contributed by atoms with Gasteiger partial charge in [0.15, 0.2) is 0 Å². The van der Waals surface area contributed by atoms with E-state index >= 15 is 0 Å². The summed E-state index contributed by atoms with van der Waals surface area (Å²) >= 11 is 12.5. The number of carbonyl (C=O) groups excluding carboxylic acids is 1. The van der Waals surface area contributed by atoms with Gasteiger partial charge in [-0.05, 0) is 55.1 Å². The average Bonchev–Trinajstić information content (AvgIpc) is 2.93. The topological polar surface area (TPSA) is 86.9 Å². The highest BCUT2D eigenvalue weighted by Gasteiger charge is 2.34. The summed E-state index contributed by atoms with van der Waals surface area (Å²) in [5, 5.41) is 23.3. The van der Waals surface area contributed by atoms with E-state index in [9.17, 15) is 20.0 Å². The maximum atomic E-state index is 13.1. The van der Waals surface area contributed by atoms with Crippen LogP contribution in [0, 0.1) is 10.1 Å². The quantitative estimate of drug-likeness (QED) is 0.253. The maximum Gasteiger partial charge on any atom is 0.270 e. The van der Waals surface area contributed by atoms with Gasteiger partial charge in [-0.2, -0.15) is 0 Å². The molecular formula is C29H31Cl2N3O4. The molecule has 4 rings (SSSR count). The van der Waals surface area contributed by atoms with Gasteiger partial charge in [-0.1, -0.05) is 65.7 Å². The van der Waals surface area contributed by atoms with Crippen molar-refractivity contribution in [2.45, 2.75) is 30.8 Å². The number of aliphatic hydroxyl groups is 1. The monoisotopic (exact) mass is 555 g/mol. The Morgan fingerprint density at radius 2 is 1.76 bits per heavy atom. The lowest BCUT2D eigenvalue weighted by Gasteiger charge is -2.39. The number of nitro groups is 1. The Bertz CT molecular complexity index is 1280. The second-order valence-electron chi connectivity index (χ2n) is 9.89. The highest BCUT2D eigenvalue weighted by molar-refractivity contribution is 6.42. The van der Waals surface area contributed by atoms with Crippen molar-refractivity contribution in [1.82, 2.24) is 9.80 Å². The van der Waals surface area contributed by atoms with Crippen LogP contribution in [0.4, 0.5) is 5.69 Å². The van der Waals surface area contributed by atoms with Crippen LogP contribution >= 0.6 is 23.2 Å². The molecule has 38 heavy (non-hydrogen) atoms. The maximum absolute atomic E-state index is 13.1. The first-order valence-electron chi connectivity index (χ1n) is 12.6. The van der Waals surface area contributed by atoms with Crippen LogP contribution in [-0.2, 0) is 5.60 Å². The van der Waals surface area contributed by atoms with Gasteiger partial charge in [-0.25, -0.2) is 0 Å². The van der Waals surface area contributed by atoms with Gasteiger partial charge in [0, 0.05) is 50.3 Å². The molecule has 1 aliphatic rings. The number of likely N-dealkylation sites (tertiary alicyclic amines) is 1. The van der Waals surface area contributed by atoms with Crippen molar-refractivity contribution < 1.29 is 14.8 Å². The minimum Gasteiger partial charge on any atom is -0.385 e. The molecule has 0 aromatic heterocycles. The summed E-state index contributed by atoms with van der Waals surface area (Å²) in [5.74, 6) is -0.322. The molecule has 0 radical (unpaired) electrons. The zero-order valence-electron chi connectivity index (χ0n) is 21.2. The number of nitrogens with zero attached hydrogens (tertiary/aromatic N) is 3. The molecule has 1 fully saturated rings. The number of hydrogen-bond donors (Lipinski definition) is 1. The fourth-order valence-electron chi connectivity index (χ4n) is 5.04. The van der Waals surface area contributed by atoms with E-state index in [4.69, 9.17) is 23.2 Å². The Balaban J connectivity index is 1.44. The first kappa shape index (κ1) is 28.0. The van der Waals surface area contributed by atoms with E-state index in [1.54, 1.807) is 24.1 Å². The fraction of sp³-hybridized carbons (Fsp3) is 0.345. The number of rotatable bonds is 9. The summed E-state index contributed by atoms with van der Waals surface area (Å²) in [6.45, 7) is 2.72. The minimum atomic E-state index is -0.814. The summed E-state index contributed by atoms with van der Waals surface area (Å²) in [4.78, 5) is 27.7. The second kappa shape index (κ2) is 12.3. The Hall–Kier alpha value is -2.97. The Morgan fingerprint density at radius 3 is 2.42 bits per heavy atom. The fourth-order valence-corrected chi connectivity index (χ4v) is 5.34. The van der Waals surface area contributed by atoms with Crippen molar-refractivity contribution in [3.63, 3.8) is 0 Å². The Morgan fingerprint density at radius 1 is 1.05 bits per heavy atom. The molecule has 7 nitrogen and oxygen atoms in total. The third-order valence-corrected chi connectivity index (χ3v) is 8.09. The molecule has 0 bridgehead atoms. The molecule has 1 N–H and O–H groups in total. The number of benzene rings is 3. The highest BCUT2D eigenvalue weighted by atomic mass is 35.5. The molecule has 200 valence electrons. The lowest BCUT2D eigenvalue weighted by Crippen LogP contribution is -2.43. The third-order valence-electron chi connectivity index (χ3n) is 7.35. The number of piperidine rings is 1. The van der Waals surface area contributed by atoms with Crippen molar-refractivity contribution in [1.29, 1.82) is 0 Å². The molecule has 1 amide bonds. The molecule has 0 aliphatic carbocycles. The normalized spacial score (nSPS) is 16.1. The summed E-state index contributed by atoms with van der Waals surface area (Å²) in [7, 11) is 1.70. The van der Waals surface area contributed by atoms with E-state index in [0.29, 0.717) is 29.4 Å². The molecular weight excluding hydrogens is 525 g/mol. The Kier molecular flexibility index (Phi) is 9.05. The molecule has 0 saturated carbocycles. The van der Waals surface area contributed by atoms with Crippen molar-refractivity contribution in [2.24, 2.45) is 0 Å². The number of halogens is 2. The first-order valence-corrected chi connectivity index (χ1v) is 13.4. The number of nitro benzene ring substituents is 1. The molecule has 0 unspecified atom stereocenters. The molecule has 9 heteroatoms. The number of likely N-dealkylation sites (N-methyl/N-ethyl adjacent to an activating group) is 1. The molecule has 3 aromatic rings. The SMILES string of the molecule is CN(C[C@H](CCN1CCC(O)(c2ccccc2)CC1)c1ccc(Cl)c(Cl)c1)C(=O)c1cccc([N+](=O)[O-])c1. The van der Waals surface area contributed by atoms with Crippen molar-refractivity contribution >= 4 is 34.8 Å². The van der Waals surface area contributed by atoms with Crippen molar-refractivity contribution in [3.8, 4) is 0 Å². The zero-order valence-corrected chi connectivity index (χ0v) is 22.7. The number of carbonyl (C=O) groups is 1. The summed E-state index contributed by atoms with van der Waals surface area (Å²) < 4.78 is 0. The molecule has 1 heterocycles. The van der Waals surface area contributed by atoms with Gasteiger partial charge in [0.2, 0.25) is 0 Å². The molecule has 0 spiro atoms. The highest BCUT2D eigenvalue weighted by Crippen LogP contribution is 2.34. The second-order valence-corrected chi connectivity index (χ2v) is 10.7. The lowest BCUT2D eigenvalue weighted by molar-refractivity contribution is -0.384. The van der Waals surface area contributed by atoms with Crippen LogP contribution in [0.15, 0.2) is 72.8 Å². The number of amides is 1. The summed E-state index contributed by atoms with van der Waals surface area (Å²) in [6.07, 6.45) is 2.06. The van der Waals surface area contributed by atoms with Gasteiger partial charge in [0.05, 0.1) is 20.6 Å². The van der Waals surface area contributed by atoms with Crippen molar-refractivity contribution in [3.05, 3.63) is 110 Å². The van der Waals surface area contributed by atoms with Crippen LogP contribution in [-0.4, -0.2) is 59.0 Å². The largest absolute Gasteiger partial charge is 0.385 e. The van der Waals surface area contributed by atoms with Crippen LogP contribution < -0.4 is 0 Å². The number of non-ortho nitro benzene ring substituents is 1. The number of hydrogen-bond acceptors (Lipinski definition) is 5.